The van der Waals surface area contributed by atoms with Gasteiger partial charge in [0, 0.05) is 16.8 Å². The summed E-state index contributed by atoms with van der Waals surface area (Å²) in [5.41, 5.74) is 3.06. The van der Waals surface area contributed by atoms with Gasteiger partial charge in [0.25, 0.3) is 0 Å². The predicted octanol–water partition coefficient (Wildman–Crippen LogP) is 5.81. The van der Waals surface area contributed by atoms with Crippen molar-refractivity contribution in [3.63, 3.8) is 0 Å². The van der Waals surface area contributed by atoms with Crippen molar-refractivity contribution in [1.29, 1.82) is 0 Å². The Hall–Kier alpha value is -3.84. The molecule has 0 aliphatic carbocycles. The lowest BCUT2D eigenvalue weighted by Crippen LogP contribution is -2.42. The Morgan fingerprint density at radius 2 is 1.70 bits per heavy atom. The van der Waals surface area contributed by atoms with E-state index >= 15 is 0 Å². The SMILES string of the molecule is O=C(N[C@H](Cc1ccc(Cl)cc1)C(=O)O)OCc1cc2cc(-c3ccc(F)cc3)ccc2o1. The lowest BCUT2D eigenvalue weighted by atomic mass is 10.0. The van der Waals surface area contributed by atoms with E-state index in [0.29, 0.717) is 21.9 Å². The first-order valence-electron chi connectivity index (χ1n) is 10.1. The average Bonchev–Trinajstić information content (AvgIpc) is 3.21. The van der Waals surface area contributed by atoms with Crippen LogP contribution in [0, 0.1) is 5.82 Å². The van der Waals surface area contributed by atoms with Crippen LogP contribution < -0.4 is 5.32 Å². The van der Waals surface area contributed by atoms with E-state index in [9.17, 15) is 19.1 Å². The zero-order chi connectivity index (χ0) is 23.4. The molecule has 3 aromatic carbocycles. The Kier molecular flexibility index (Phi) is 6.60. The van der Waals surface area contributed by atoms with Crippen LogP contribution in [0.5, 0.6) is 0 Å². The fourth-order valence-electron chi connectivity index (χ4n) is 3.37. The Morgan fingerprint density at radius 1 is 1.00 bits per heavy atom. The number of carbonyl (C=O) groups excluding carboxylic acids is 1. The van der Waals surface area contributed by atoms with Crippen molar-refractivity contribution in [2.24, 2.45) is 0 Å². The Bertz CT molecular complexity index is 1280. The second-order valence-electron chi connectivity index (χ2n) is 7.41. The van der Waals surface area contributed by atoms with E-state index in [1.165, 1.54) is 12.1 Å². The summed E-state index contributed by atoms with van der Waals surface area (Å²) >= 11 is 5.84. The van der Waals surface area contributed by atoms with Crippen molar-refractivity contribution in [1.82, 2.24) is 5.32 Å². The first-order valence-corrected chi connectivity index (χ1v) is 10.4. The number of halogens is 2. The Morgan fingerprint density at radius 3 is 2.39 bits per heavy atom. The molecule has 0 saturated carbocycles. The third kappa shape index (κ3) is 5.70. The van der Waals surface area contributed by atoms with E-state index in [1.807, 2.05) is 12.1 Å². The van der Waals surface area contributed by atoms with Crippen LogP contribution in [0.25, 0.3) is 22.1 Å². The van der Waals surface area contributed by atoms with Gasteiger partial charge in [0.05, 0.1) is 0 Å². The summed E-state index contributed by atoms with van der Waals surface area (Å²) in [4.78, 5) is 23.7. The first-order chi connectivity index (χ1) is 15.9. The van der Waals surface area contributed by atoms with Gasteiger partial charge in [-0.15, -0.1) is 0 Å². The van der Waals surface area contributed by atoms with Gasteiger partial charge in [-0.1, -0.05) is 41.9 Å². The maximum Gasteiger partial charge on any atom is 0.408 e. The van der Waals surface area contributed by atoms with Crippen LogP contribution in [0.1, 0.15) is 11.3 Å². The molecule has 0 fully saturated rings. The average molecular weight is 468 g/mol. The number of carboxylic acids is 1. The van der Waals surface area contributed by atoms with Crippen LogP contribution in [-0.4, -0.2) is 23.2 Å². The van der Waals surface area contributed by atoms with E-state index in [4.69, 9.17) is 20.8 Å². The summed E-state index contributed by atoms with van der Waals surface area (Å²) in [7, 11) is 0. The standard InChI is InChI=1S/C25H19ClFNO5/c26-19-6-1-15(2-7-19)11-22(24(29)30)28-25(31)32-14-21-13-18-12-17(5-10-23(18)33-21)16-3-8-20(27)9-4-16/h1-10,12-13,22H,11,14H2,(H,28,31)(H,29,30)/t22-/m1/s1. The van der Waals surface area contributed by atoms with Gasteiger partial charge >= 0.3 is 12.1 Å². The molecule has 2 N–H and O–H groups in total. The molecule has 1 aromatic heterocycles. The number of fused-ring (bicyclic) bond motifs is 1. The Labute approximate surface area is 193 Å². The minimum absolute atomic E-state index is 0.0817. The molecular formula is C25H19ClFNO5. The minimum atomic E-state index is -1.18. The van der Waals surface area contributed by atoms with Crippen molar-refractivity contribution >= 4 is 34.6 Å². The first kappa shape index (κ1) is 22.4. The van der Waals surface area contributed by atoms with Gasteiger partial charge in [-0.25, -0.2) is 14.0 Å². The molecule has 33 heavy (non-hydrogen) atoms. The summed E-state index contributed by atoms with van der Waals surface area (Å²) in [6.45, 7) is -0.167. The molecular weight excluding hydrogens is 449 g/mol. The third-order valence-corrected chi connectivity index (χ3v) is 5.29. The third-order valence-electron chi connectivity index (χ3n) is 5.03. The van der Waals surface area contributed by atoms with Crippen LogP contribution >= 0.6 is 11.6 Å². The molecule has 0 aliphatic heterocycles. The molecule has 4 rings (SSSR count). The second kappa shape index (κ2) is 9.75. The zero-order valence-electron chi connectivity index (χ0n) is 17.3. The number of rotatable bonds is 7. The lowest BCUT2D eigenvalue weighted by Gasteiger charge is -2.14. The number of carbonyl (C=O) groups is 2. The van der Waals surface area contributed by atoms with Crippen molar-refractivity contribution in [3.8, 4) is 11.1 Å². The van der Waals surface area contributed by atoms with Crippen LogP contribution in [0.2, 0.25) is 5.02 Å². The molecule has 0 bridgehead atoms. The van der Waals surface area contributed by atoms with Crippen LogP contribution in [0.4, 0.5) is 9.18 Å². The van der Waals surface area contributed by atoms with Gasteiger partial charge in [-0.3, -0.25) is 0 Å². The number of carboxylic acid groups (broad SMARTS) is 1. The highest BCUT2D eigenvalue weighted by molar-refractivity contribution is 6.30. The van der Waals surface area contributed by atoms with Crippen LogP contribution in [-0.2, 0) is 22.6 Å². The molecule has 168 valence electrons. The van der Waals surface area contributed by atoms with Crippen LogP contribution in [0.15, 0.2) is 77.2 Å². The fraction of sp³-hybridized carbons (Fsp3) is 0.120. The van der Waals surface area contributed by atoms with Crippen molar-refractivity contribution in [2.45, 2.75) is 19.1 Å². The quantitative estimate of drug-likeness (QED) is 0.358. The number of hydrogen-bond donors (Lipinski definition) is 2. The normalized spacial score (nSPS) is 11.8. The van der Waals surface area contributed by atoms with Crippen molar-refractivity contribution in [3.05, 3.63) is 95.0 Å². The van der Waals surface area contributed by atoms with Gasteiger partial charge < -0.3 is 19.6 Å². The maximum atomic E-state index is 13.2. The summed E-state index contributed by atoms with van der Waals surface area (Å²) in [5, 5.41) is 13.1. The van der Waals surface area contributed by atoms with E-state index in [-0.39, 0.29) is 18.8 Å². The smallest absolute Gasteiger partial charge is 0.408 e. The Balaban J connectivity index is 1.38. The fourth-order valence-corrected chi connectivity index (χ4v) is 3.49. The monoisotopic (exact) mass is 467 g/mol. The van der Waals surface area contributed by atoms with Gasteiger partial charge in [-0.05, 0) is 59.2 Å². The van der Waals surface area contributed by atoms with Crippen molar-refractivity contribution < 1.29 is 28.2 Å². The molecule has 0 spiro atoms. The molecule has 0 saturated heterocycles. The summed E-state index contributed by atoms with van der Waals surface area (Å²) in [5.74, 6) is -1.08. The number of alkyl carbamates (subject to hydrolysis) is 1. The van der Waals surface area contributed by atoms with E-state index < -0.39 is 18.1 Å². The largest absolute Gasteiger partial charge is 0.480 e. The van der Waals surface area contributed by atoms with E-state index in [0.717, 1.165) is 16.5 Å². The topological polar surface area (TPSA) is 88.8 Å². The van der Waals surface area contributed by atoms with Gasteiger partial charge in [0.1, 0.15) is 23.2 Å². The highest BCUT2D eigenvalue weighted by Gasteiger charge is 2.21. The number of nitrogens with one attached hydrogen (secondary N) is 1. The molecule has 4 aromatic rings. The lowest BCUT2D eigenvalue weighted by molar-refractivity contribution is -0.139. The highest BCUT2D eigenvalue weighted by atomic mass is 35.5. The minimum Gasteiger partial charge on any atom is -0.480 e. The van der Waals surface area contributed by atoms with Crippen LogP contribution in [0.3, 0.4) is 0 Å². The zero-order valence-corrected chi connectivity index (χ0v) is 18.0. The number of furan rings is 1. The molecule has 6 nitrogen and oxygen atoms in total. The molecule has 0 aliphatic rings. The predicted molar refractivity (Wildman–Crippen MR) is 122 cm³/mol. The molecule has 1 atom stereocenters. The summed E-state index contributed by atoms with van der Waals surface area (Å²) in [6, 6.07) is 19.0. The number of ether oxygens (including phenoxy) is 1. The van der Waals surface area contributed by atoms with Gasteiger partial charge in [0.2, 0.25) is 0 Å². The number of benzene rings is 3. The van der Waals surface area contributed by atoms with E-state index in [1.54, 1.807) is 48.5 Å². The van der Waals surface area contributed by atoms with Gasteiger partial charge in [-0.2, -0.15) is 0 Å². The molecule has 0 unspecified atom stereocenters. The highest BCUT2D eigenvalue weighted by Crippen LogP contribution is 2.27. The molecule has 1 amide bonds. The number of hydrogen-bond acceptors (Lipinski definition) is 4. The molecule has 8 heteroatoms. The number of amides is 1. The molecule has 0 radical (unpaired) electrons. The summed E-state index contributed by atoms with van der Waals surface area (Å²) < 4.78 is 24.0. The second-order valence-corrected chi connectivity index (χ2v) is 7.85. The van der Waals surface area contributed by atoms with Crippen molar-refractivity contribution in [2.75, 3.05) is 0 Å². The van der Waals surface area contributed by atoms with E-state index in [2.05, 4.69) is 5.32 Å². The number of aliphatic carboxylic acids is 1. The summed E-state index contributed by atoms with van der Waals surface area (Å²) in [6.07, 6.45) is -0.790. The van der Waals surface area contributed by atoms with Gasteiger partial charge in [0.15, 0.2) is 6.61 Å². The maximum absolute atomic E-state index is 13.2. The molecule has 1 heterocycles.